The third-order valence-electron chi connectivity index (χ3n) is 4.16. The third-order valence-corrected chi connectivity index (χ3v) is 5.07. The highest BCUT2D eigenvalue weighted by Gasteiger charge is 2.20. The van der Waals surface area contributed by atoms with Gasteiger partial charge in [0.2, 0.25) is 5.91 Å². The van der Waals surface area contributed by atoms with E-state index in [1.54, 1.807) is 11.8 Å². The summed E-state index contributed by atoms with van der Waals surface area (Å²) in [6.07, 6.45) is 2.94. The van der Waals surface area contributed by atoms with Gasteiger partial charge < -0.3 is 10.1 Å². The number of anilines is 1. The van der Waals surface area contributed by atoms with E-state index < -0.39 is 0 Å². The molecular formula is C16H18N4O2S. The van der Waals surface area contributed by atoms with Crippen LogP contribution in [0.2, 0.25) is 0 Å². The Morgan fingerprint density at radius 1 is 1.43 bits per heavy atom. The minimum absolute atomic E-state index is 0.0544. The molecule has 3 aliphatic rings. The lowest BCUT2D eigenvalue weighted by molar-refractivity contribution is -0.115. The van der Waals surface area contributed by atoms with Crippen molar-refractivity contribution in [2.45, 2.75) is 25.4 Å². The summed E-state index contributed by atoms with van der Waals surface area (Å²) in [6, 6.07) is 5.99. The molecule has 3 heterocycles. The van der Waals surface area contributed by atoms with E-state index >= 15 is 0 Å². The molecule has 0 radical (unpaired) electrons. The van der Waals surface area contributed by atoms with Crippen LogP contribution in [0.3, 0.4) is 0 Å². The fraction of sp³-hybridized carbons (Fsp3) is 0.438. The number of fused-ring (bicyclic) bond motifs is 1. The van der Waals surface area contributed by atoms with Crippen LogP contribution >= 0.6 is 11.8 Å². The van der Waals surface area contributed by atoms with Gasteiger partial charge in [0.15, 0.2) is 5.17 Å². The minimum atomic E-state index is 0.0544. The van der Waals surface area contributed by atoms with Crippen molar-refractivity contribution in [1.82, 2.24) is 5.43 Å². The number of benzene rings is 1. The van der Waals surface area contributed by atoms with Gasteiger partial charge in [-0.3, -0.25) is 15.2 Å². The van der Waals surface area contributed by atoms with E-state index in [2.05, 4.69) is 20.8 Å². The summed E-state index contributed by atoms with van der Waals surface area (Å²) in [6.45, 7) is 1.56. The second-order valence-electron chi connectivity index (χ2n) is 5.84. The van der Waals surface area contributed by atoms with Gasteiger partial charge in [-0.25, -0.2) is 0 Å². The lowest BCUT2D eigenvalue weighted by Crippen LogP contribution is -2.26. The Bertz CT molecular complexity index is 695. The first-order chi connectivity index (χ1) is 11.3. The van der Waals surface area contributed by atoms with Crippen LogP contribution in [0.25, 0.3) is 0 Å². The topological polar surface area (TPSA) is 75.1 Å². The maximum absolute atomic E-state index is 11.4. The van der Waals surface area contributed by atoms with E-state index in [0.29, 0.717) is 13.0 Å². The van der Waals surface area contributed by atoms with Crippen molar-refractivity contribution >= 4 is 34.2 Å². The summed E-state index contributed by atoms with van der Waals surface area (Å²) in [5, 5.41) is 8.14. The molecule has 1 aromatic rings. The van der Waals surface area contributed by atoms with E-state index in [0.717, 1.165) is 52.9 Å². The molecule has 0 saturated carbocycles. The van der Waals surface area contributed by atoms with Crippen LogP contribution in [-0.2, 0) is 16.0 Å². The zero-order valence-corrected chi connectivity index (χ0v) is 13.5. The molecule has 1 aromatic carbocycles. The SMILES string of the molecule is O=C1Cc2cc(C3=NNC(=NC[C@@H]4CCCO4)SC3)ccc2N1. The van der Waals surface area contributed by atoms with E-state index in [9.17, 15) is 4.79 Å². The van der Waals surface area contributed by atoms with Crippen molar-refractivity contribution in [3.63, 3.8) is 0 Å². The van der Waals surface area contributed by atoms with Crippen LogP contribution < -0.4 is 10.7 Å². The van der Waals surface area contributed by atoms with Gasteiger partial charge in [-0.1, -0.05) is 17.8 Å². The predicted octanol–water partition coefficient (Wildman–Crippen LogP) is 1.76. The highest BCUT2D eigenvalue weighted by molar-refractivity contribution is 8.14. The number of rotatable bonds is 3. The van der Waals surface area contributed by atoms with Gasteiger partial charge >= 0.3 is 0 Å². The monoisotopic (exact) mass is 330 g/mol. The Morgan fingerprint density at radius 2 is 2.39 bits per heavy atom. The van der Waals surface area contributed by atoms with E-state index in [1.165, 1.54) is 0 Å². The van der Waals surface area contributed by atoms with Crippen LogP contribution in [0.4, 0.5) is 5.69 Å². The summed E-state index contributed by atoms with van der Waals surface area (Å²) < 4.78 is 5.57. The molecule has 120 valence electrons. The second-order valence-corrected chi connectivity index (χ2v) is 6.80. The summed E-state index contributed by atoms with van der Waals surface area (Å²) in [7, 11) is 0. The molecule has 3 aliphatic heterocycles. The summed E-state index contributed by atoms with van der Waals surface area (Å²) in [5.74, 6) is 0.830. The molecule has 0 aromatic heterocycles. The molecule has 0 unspecified atom stereocenters. The van der Waals surface area contributed by atoms with Crippen molar-refractivity contribution in [1.29, 1.82) is 0 Å². The second kappa shape index (κ2) is 6.33. The molecule has 4 rings (SSSR count). The standard InChI is InChI=1S/C16H18N4O2S/c21-15-7-11-6-10(3-4-13(11)18-15)14-9-23-16(20-19-14)17-8-12-2-1-5-22-12/h3-4,6,12H,1-2,5,7-9H2,(H,17,20)(H,18,21)/t12-/m0/s1. The van der Waals surface area contributed by atoms with Gasteiger partial charge in [-0.05, 0) is 36.1 Å². The quantitative estimate of drug-likeness (QED) is 0.885. The van der Waals surface area contributed by atoms with Gasteiger partial charge in [0, 0.05) is 18.0 Å². The average Bonchev–Trinajstić information content (AvgIpc) is 3.21. The Labute approximate surface area is 138 Å². The van der Waals surface area contributed by atoms with Crippen molar-refractivity contribution < 1.29 is 9.53 Å². The van der Waals surface area contributed by atoms with Crippen LogP contribution in [0.15, 0.2) is 28.3 Å². The summed E-state index contributed by atoms with van der Waals surface area (Å²) in [5.41, 5.74) is 7.02. The van der Waals surface area contributed by atoms with Gasteiger partial charge in [-0.15, -0.1) is 0 Å². The maximum Gasteiger partial charge on any atom is 0.228 e. The first-order valence-electron chi connectivity index (χ1n) is 7.82. The highest BCUT2D eigenvalue weighted by Crippen LogP contribution is 2.25. The average molecular weight is 330 g/mol. The number of ether oxygens (including phenoxy) is 1. The molecule has 1 saturated heterocycles. The smallest absolute Gasteiger partial charge is 0.228 e. The molecule has 1 atom stereocenters. The number of hydrazone groups is 1. The lowest BCUT2D eigenvalue weighted by atomic mass is 10.1. The fourth-order valence-corrected chi connectivity index (χ4v) is 3.71. The van der Waals surface area contributed by atoms with Crippen LogP contribution in [0.5, 0.6) is 0 Å². The Morgan fingerprint density at radius 3 is 3.17 bits per heavy atom. The number of hydrogen-bond donors (Lipinski definition) is 2. The zero-order chi connectivity index (χ0) is 15.6. The Kier molecular flexibility index (Phi) is 4.05. The summed E-state index contributed by atoms with van der Waals surface area (Å²) in [4.78, 5) is 16.0. The predicted molar refractivity (Wildman–Crippen MR) is 92.2 cm³/mol. The number of hydrogen-bond acceptors (Lipinski definition) is 5. The van der Waals surface area contributed by atoms with Crippen LogP contribution in [0.1, 0.15) is 24.0 Å². The molecule has 7 heteroatoms. The highest BCUT2D eigenvalue weighted by atomic mass is 32.2. The van der Waals surface area contributed by atoms with Crippen molar-refractivity contribution in [3.8, 4) is 0 Å². The molecule has 0 bridgehead atoms. The van der Waals surface area contributed by atoms with Gasteiger partial charge in [-0.2, -0.15) is 5.10 Å². The largest absolute Gasteiger partial charge is 0.376 e. The van der Waals surface area contributed by atoms with E-state index in [-0.39, 0.29) is 12.0 Å². The third kappa shape index (κ3) is 3.25. The number of thioether (sulfide) groups is 1. The maximum atomic E-state index is 11.4. The number of aliphatic imine (C=N–C) groups is 1. The number of nitrogens with one attached hydrogen (secondary N) is 2. The van der Waals surface area contributed by atoms with Crippen LogP contribution in [0, 0.1) is 0 Å². The molecule has 2 N–H and O–H groups in total. The number of carbonyl (C=O) groups excluding carboxylic acids is 1. The number of amidine groups is 1. The first kappa shape index (κ1) is 14.7. The Balaban J connectivity index is 1.42. The van der Waals surface area contributed by atoms with Gasteiger partial charge in [0.25, 0.3) is 0 Å². The van der Waals surface area contributed by atoms with Crippen LogP contribution in [-0.4, -0.2) is 41.8 Å². The number of nitrogens with zero attached hydrogens (tertiary/aromatic N) is 2. The molecule has 0 aliphatic carbocycles. The molecule has 0 spiro atoms. The molecule has 1 fully saturated rings. The minimum Gasteiger partial charge on any atom is -0.376 e. The van der Waals surface area contributed by atoms with E-state index in [4.69, 9.17) is 4.74 Å². The van der Waals surface area contributed by atoms with Gasteiger partial charge in [0.1, 0.15) is 0 Å². The molecule has 1 amide bonds. The van der Waals surface area contributed by atoms with Crippen molar-refractivity contribution in [2.75, 3.05) is 24.2 Å². The first-order valence-corrected chi connectivity index (χ1v) is 8.81. The Hall–Kier alpha value is -1.86. The normalized spacial score (nSPS) is 25.0. The van der Waals surface area contributed by atoms with E-state index in [1.807, 2.05) is 18.2 Å². The lowest BCUT2D eigenvalue weighted by Gasteiger charge is -2.16. The molecular weight excluding hydrogens is 312 g/mol. The molecule has 6 nitrogen and oxygen atoms in total. The molecule has 23 heavy (non-hydrogen) atoms. The zero-order valence-electron chi connectivity index (χ0n) is 12.7. The van der Waals surface area contributed by atoms with Crippen molar-refractivity contribution in [3.05, 3.63) is 29.3 Å². The fourth-order valence-electron chi connectivity index (χ4n) is 2.93. The van der Waals surface area contributed by atoms with Gasteiger partial charge in [0.05, 0.1) is 24.8 Å². The van der Waals surface area contributed by atoms with Crippen molar-refractivity contribution in [2.24, 2.45) is 10.1 Å². The summed E-state index contributed by atoms with van der Waals surface area (Å²) >= 11 is 1.65. The number of carbonyl (C=O) groups is 1. The number of amides is 1.